The van der Waals surface area contributed by atoms with Gasteiger partial charge < -0.3 is 9.84 Å². The van der Waals surface area contributed by atoms with Gasteiger partial charge in [0.1, 0.15) is 6.10 Å². The first-order valence-electron chi connectivity index (χ1n) is 12.7. The third-order valence-electron chi connectivity index (χ3n) is 7.77. The predicted octanol–water partition coefficient (Wildman–Crippen LogP) is 7.10. The second-order valence-electron chi connectivity index (χ2n) is 12.9. The van der Waals surface area contributed by atoms with Crippen LogP contribution in [-0.4, -0.2) is 23.1 Å². The number of carbonyl (C=O) groups excluding carboxylic acids is 1. The summed E-state index contributed by atoms with van der Waals surface area (Å²) in [4.78, 5) is 24.9. The van der Waals surface area contributed by atoms with Gasteiger partial charge in [0.25, 0.3) is 0 Å². The molecule has 0 heterocycles. The normalized spacial score (nSPS) is 29.8. The van der Waals surface area contributed by atoms with Crippen LogP contribution in [0.3, 0.4) is 0 Å². The van der Waals surface area contributed by atoms with Crippen LogP contribution in [0, 0.1) is 40.4 Å². The van der Waals surface area contributed by atoms with Crippen molar-refractivity contribution in [1.29, 1.82) is 0 Å². The van der Waals surface area contributed by atoms with Gasteiger partial charge in [-0.15, -0.1) is 0 Å². The minimum Gasteiger partial charge on any atom is -0.481 e. The molecule has 2 aliphatic rings. The second-order valence-corrected chi connectivity index (χ2v) is 12.9. The number of carbonyl (C=O) groups is 2. The molecule has 2 fully saturated rings. The Hall–Kier alpha value is -1.06. The lowest BCUT2D eigenvalue weighted by Gasteiger charge is -2.40. The standard InChI is InChI=1S/C27H48O4/c1-18(17-26(2,3)4)16-23(19-12-14-20(15-13-19)27(5,6)7)31-25(30)22-11-9-8-10-21(22)24(28)29/h18-23H,8-17H2,1-7H3,(H,28,29). The number of rotatable bonds is 7. The summed E-state index contributed by atoms with van der Waals surface area (Å²) in [5, 5.41) is 9.61. The minimum absolute atomic E-state index is 0.0814. The zero-order chi connectivity index (χ0) is 23.4. The third-order valence-corrected chi connectivity index (χ3v) is 7.77. The molecule has 0 bridgehead atoms. The van der Waals surface area contributed by atoms with Gasteiger partial charge in [0, 0.05) is 0 Å². The van der Waals surface area contributed by atoms with Gasteiger partial charge in [-0.25, -0.2) is 0 Å². The largest absolute Gasteiger partial charge is 0.481 e. The van der Waals surface area contributed by atoms with Crippen LogP contribution >= 0.6 is 0 Å². The number of aliphatic carboxylic acids is 1. The summed E-state index contributed by atoms with van der Waals surface area (Å²) >= 11 is 0. The Morgan fingerprint density at radius 3 is 1.94 bits per heavy atom. The second kappa shape index (κ2) is 10.7. The first kappa shape index (κ1) is 26.2. The molecule has 180 valence electrons. The summed E-state index contributed by atoms with van der Waals surface area (Å²) in [5.41, 5.74) is 0.573. The highest BCUT2D eigenvalue weighted by molar-refractivity contribution is 5.81. The molecule has 0 saturated heterocycles. The van der Waals surface area contributed by atoms with Crippen molar-refractivity contribution < 1.29 is 19.4 Å². The van der Waals surface area contributed by atoms with Crippen molar-refractivity contribution in [2.45, 2.75) is 119 Å². The van der Waals surface area contributed by atoms with Gasteiger partial charge in [-0.2, -0.15) is 0 Å². The predicted molar refractivity (Wildman–Crippen MR) is 126 cm³/mol. The van der Waals surface area contributed by atoms with Crippen LogP contribution in [0.25, 0.3) is 0 Å². The van der Waals surface area contributed by atoms with Crippen LogP contribution in [0.1, 0.15) is 113 Å². The van der Waals surface area contributed by atoms with Gasteiger partial charge >= 0.3 is 11.9 Å². The monoisotopic (exact) mass is 436 g/mol. The highest BCUT2D eigenvalue weighted by Gasteiger charge is 2.40. The average Bonchev–Trinajstić information content (AvgIpc) is 2.65. The number of carboxylic acid groups (broad SMARTS) is 1. The Labute approximate surface area is 190 Å². The first-order valence-corrected chi connectivity index (χ1v) is 12.7. The van der Waals surface area contributed by atoms with E-state index in [4.69, 9.17) is 4.74 Å². The number of esters is 1. The summed E-state index contributed by atoms with van der Waals surface area (Å²) in [6.07, 6.45) is 9.56. The smallest absolute Gasteiger partial charge is 0.310 e. The van der Waals surface area contributed by atoms with Crippen LogP contribution in [0.15, 0.2) is 0 Å². The molecule has 2 aliphatic carbocycles. The van der Waals surface area contributed by atoms with E-state index in [0.717, 1.165) is 44.4 Å². The Morgan fingerprint density at radius 2 is 1.45 bits per heavy atom. The molecule has 4 heteroatoms. The molecule has 31 heavy (non-hydrogen) atoms. The molecule has 1 N–H and O–H groups in total. The molecule has 0 aliphatic heterocycles. The molecular weight excluding hydrogens is 388 g/mol. The number of carboxylic acids is 1. The van der Waals surface area contributed by atoms with E-state index in [9.17, 15) is 14.7 Å². The summed E-state index contributed by atoms with van der Waals surface area (Å²) in [6, 6.07) is 0. The summed E-state index contributed by atoms with van der Waals surface area (Å²) in [5.74, 6) is -0.551. The topological polar surface area (TPSA) is 63.6 Å². The molecule has 0 aromatic heterocycles. The highest BCUT2D eigenvalue weighted by Crippen LogP contribution is 2.43. The van der Waals surface area contributed by atoms with Crippen molar-refractivity contribution in [2.24, 2.45) is 40.4 Å². The van der Waals surface area contributed by atoms with Crippen molar-refractivity contribution >= 4 is 11.9 Å². The van der Waals surface area contributed by atoms with E-state index in [1.807, 2.05) is 0 Å². The molecule has 4 atom stereocenters. The Kier molecular flexibility index (Phi) is 9.05. The van der Waals surface area contributed by atoms with Gasteiger partial charge in [-0.05, 0) is 80.0 Å². The van der Waals surface area contributed by atoms with Crippen molar-refractivity contribution in [1.82, 2.24) is 0 Å². The van der Waals surface area contributed by atoms with Crippen molar-refractivity contribution in [3.8, 4) is 0 Å². The van der Waals surface area contributed by atoms with Crippen LogP contribution < -0.4 is 0 Å². The quantitative estimate of drug-likeness (QED) is 0.432. The van der Waals surface area contributed by atoms with Gasteiger partial charge in [-0.3, -0.25) is 9.59 Å². The molecule has 0 radical (unpaired) electrons. The van der Waals surface area contributed by atoms with E-state index < -0.39 is 17.8 Å². The third kappa shape index (κ3) is 8.09. The van der Waals surface area contributed by atoms with Gasteiger partial charge in [0.15, 0.2) is 0 Å². The van der Waals surface area contributed by atoms with E-state index in [2.05, 4.69) is 48.5 Å². The minimum atomic E-state index is -0.843. The molecule has 0 amide bonds. The van der Waals surface area contributed by atoms with Gasteiger partial charge in [0.05, 0.1) is 11.8 Å². The lowest BCUT2D eigenvalue weighted by Crippen LogP contribution is -2.39. The van der Waals surface area contributed by atoms with Crippen LogP contribution in [0.2, 0.25) is 0 Å². The average molecular weight is 437 g/mol. The maximum Gasteiger partial charge on any atom is 0.310 e. The SMILES string of the molecule is CC(CC(OC(=O)C1CCCCC1C(=O)O)C1CCC(C(C)(C)C)CC1)CC(C)(C)C. The molecule has 2 rings (SSSR count). The molecule has 2 saturated carbocycles. The van der Waals surface area contributed by atoms with Gasteiger partial charge in [-0.1, -0.05) is 61.3 Å². The molecule has 0 aromatic carbocycles. The van der Waals surface area contributed by atoms with Crippen molar-refractivity contribution in [3.05, 3.63) is 0 Å². The fourth-order valence-corrected chi connectivity index (χ4v) is 6.16. The van der Waals surface area contributed by atoms with E-state index in [1.54, 1.807) is 0 Å². The number of hydrogen-bond donors (Lipinski definition) is 1. The van der Waals surface area contributed by atoms with E-state index in [1.165, 1.54) is 12.8 Å². The number of ether oxygens (including phenoxy) is 1. The van der Waals surface area contributed by atoms with E-state index in [-0.39, 0.29) is 17.5 Å². The first-order chi connectivity index (χ1) is 14.3. The van der Waals surface area contributed by atoms with E-state index in [0.29, 0.717) is 30.1 Å². The Bertz CT molecular complexity index is 589. The molecular formula is C27H48O4. The van der Waals surface area contributed by atoms with Crippen LogP contribution in [0.5, 0.6) is 0 Å². The maximum atomic E-state index is 13.2. The van der Waals surface area contributed by atoms with E-state index >= 15 is 0 Å². The molecule has 0 aromatic rings. The zero-order valence-corrected chi connectivity index (χ0v) is 21.2. The number of hydrogen-bond acceptors (Lipinski definition) is 3. The highest BCUT2D eigenvalue weighted by atomic mass is 16.5. The Balaban J connectivity index is 2.10. The lowest BCUT2D eigenvalue weighted by atomic mass is 9.68. The summed E-state index contributed by atoms with van der Waals surface area (Å²) in [7, 11) is 0. The fourth-order valence-electron chi connectivity index (χ4n) is 6.16. The van der Waals surface area contributed by atoms with Gasteiger partial charge in [0.2, 0.25) is 0 Å². The Morgan fingerprint density at radius 1 is 0.903 bits per heavy atom. The zero-order valence-electron chi connectivity index (χ0n) is 21.2. The summed E-state index contributed by atoms with van der Waals surface area (Å²) < 4.78 is 6.21. The van der Waals surface area contributed by atoms with Crippen molar-refractivity contribution in [2.75, 3.05) is 0 Å². The maximum absolute atomic E-state index is 13.2. The molecule has 0 spiro atoms. The lowest BCUT2D eigenvalue weighted by molar-refractivity contribution is -0.167. The van der Waals surface area contributed by atoms with Crippen LogP contribution in [0.4, 0.5) is 0 Å². The fraction of sp³-hybridized carbons (Fsp3) is 0.926. The summed E-state index contributed by atoms with van der Waals surface area (Å²) in [6.45, 7) is 16.0. The molecule has 4 nitrogen and oxygen atoms in total. The molecule has 4 unspecified atom stereocenters. The van der Waals surface area contributed by atoms with Crippen molar-refractivity contribution in [3.63, 3.8) is 0 Å². The van der Waals surface area contributed by atoms with Crippen LogP contribution in [-0.2, 0) is 14.3 Å².